The number of anilines is 3. The van der Waals surface area contributed by atoms with E-state index in [-0.39, 0.29) is 21.1 Å². The van der Waals surface area contributed by atoms with Crippen molar-refractivity contribution in [1.82, 2.24) is 13.9 Å². The molecule has 2 aromatic carbocycles. The number of hydrogen-bond donors (Lipinski definition) is 0. The molecule has 30 heavy (non-hydrogen) atoms. The maximum atomic E-state index is 4.88. The zero-order valence-electron chi connectivity index (χ0n) is 15.8. The third kappa shape index (κ3) is 4.13. The molecule has 0 saturated heterocycles. The molecule has 0 aliphatic heterocycles. The maximum Gasteiger partial charge on any atom is 2.00 e. The van der Waals surface area contributed by atoms with E-state index >= 15 is 0 Å². The zero-order valence-corrected chi connectivity index (χ0v) is 18.8. The van der Waals surface area contributed by atoms with Gasteiger partial charge in [-0.05, 0) is 23.9 Å². The maximum absolute atomic E-state index is 4.88. The largest absolute Gasteiger partial charge is 2.00 e. The van der Waals surface area contributed by atoms with Gasteiger partial charge in [0, 0.05) is 16.8 Å². The van der Waals surface area contributed by atoms with Crippen molar-refractivity contribution in [2.24, 2.45) is 0 Å². The van der Waals surface area contributed by atoms with E-state index in [0.717, 1.165) is 34.3 Å². The minimum absolute atomic E-state index is 0. The average molecular weight is 588 g/mol. The van der Waals surface area contributed by atoms with E-state index in [1.165, 1.54) is 11.5 Å². The Hall–Kier alpha value is -3.01. The number of aromatic nitrogens is 3. The van der Waals surface area contributed by atoms with E-state index in [2.05, 4.69) is 33.7 Å². The van der Waals surface area contributed by atoms with Crippen LogP contribution in [0.5, 0.6) is 0 Å². The molecule has 0 fully saturated rings. The van der Waals surface area contributed by atoms with Crippen LogP contribution in [0.25, 0.3) is 17.1 Å². The van der Waals surface area contributed by atoms with Gasteiger partial charge in [-0.25, -0.2) is 4.37 Å². The molecule has 0 radical (unpaired) electrons. The Balaban J connectivity index is 0.00000218. The normalized spacial score (nSPS) is 10.4. The summed E-state index contributed by atoms with van der Waals surface area (Å²) in [6.07, 6.45) is 5.09. The summed E-state index contributed by atoms with van der Waals surface area (Å²) >= 11 is 1.44. The van der Waals surface area contributed by atoms with Crippen molar-refractivity contribution in [2.45, 2.75) is 0 Å². The van der Waals surface area contributed by atoms with Gasteiger partial charge in [0.05, 0.1) is 5.82 Å². The van der Waals surface area contributed by atoms with Gasteiger partial charge >= 0.3 is 21.1 Å². The fourth-order valence-corrected chi connectivity index (χ4v) is 3.69. The smallest absolute Gasteiger partial charge is 0.436 e. The Morgan fingerprint density at radius 2 is 1.73 bits per heavy atom. The molecule has 0 atom stereocenters. The molecule has 0 saturated carbocycles. The van der Waals surface area contributed by atoms with Crippen molar-refractivity contribution >= 4 is 28.7 Å². The van der Waals surface area contributed by atoms with Crippen LogP contribution in [-0.4, -0.2) is 13.9 Å². The molecule has 5 rings (SSSR count). The Morgan fingerprint density at radius 1 is 0.867 bits per heavy atom. The molecule has 6 heteroatoms. The number of para-hydroxylation sites is 1. The van der Waals surface area contributed by atoms with Gasteiger partial charge in [0.15, 0.2) is 0 Å². The predicted octanol–water partition coefficient (Wildman–Crippen LogP) is 6.06. The Kier molecular flexibility index (Phi) is 6.22. The van der Waals surface area contributed by atoms with Crippen LogP contribution in [0.2, 0.25) is 0 Å². The van der Waals surface area contributed by atoms with E-state index in [4.69, 9.17) is 4.98 Å². The minimum atomic E-state index is 0. The number of rotatable bonds is 5. The molecule has 0 bridgehead atoms. The van der Waals surface area contributed by atoms with Gasteiger partial charge < -0.3 is 9.47 Å². The first-order valence-electron chi connectivity index (χ1n) is 9.19. The van der Waals surface area contributed by atoms with Crippen LogP contribution in [0, 0.1) is 12.3 Å². The van der Waals surface area contributed by atoms with Gasteiger partial charge in [-0.2, -0.15) is 6.07 Å². The average Bonchev–Trinajstić information content (AvgIpc) is 3.50. The number of hydrogen-bond acceptors (Lipinski definition) is 4. The van der Waals surface area contributed by atoms with Gasteiger partial charge in [0.1, 0.15) is 5.82 Å². The minimum Gasteiger partial charge on any atom is -0.436 e. The van der Waals surface area contributed by atoms with Crippen LogP contribution in [0.15, 0.2) is 96.5 Å². The number of nitrogens with zero attached hydrogens (tertiary/aromatic N) is 4. The van der Waals surface area contributed by atoms with Crippen molar-refractivity contribution in [3.63, 3.8) is 0 Å². The van der Waals surface area contributed by atoms with Gasteiger partial charge in [0.2, 0.25) is 0 Å². The summed E-state index contributed by atoms with van der Waals surface area (Å²) in [4.78, 5) is 6.98. The summed E-state index contributed by atoms with van der Waals surface area (Å²) in [6.45, 7) is 0. The van der Waals surface area contributed by atoms with Gasteiger partial charge in [-0.3, -0.25) is 4.98 Å². The second kappa shape index (κ2) is 9.20. The predicted molar refractivity (Wildman–Crippen MR) is 117 cm³/mol. The van der Waals surface area contributed by atoms with Crippen molar-refractivity contribution < 1.29 is 21.1 Å². The summed E-state index contributed by atoms with van der Waals surface area (Å²) in [7, 11) is 0. The van der Waals surface area contributed by atoms with Crippen molar-refractivity contribution in [2.75, 3.05) is 4.90 Å². The molecule has 0 N–H and O–H groups in total. The van der Waals surface area contributed by atoms with E-state index in [1.807, 2.05) is 88.9 Å². The standard InChI is InChI=1S/C24H16N4S.Pt/c1-2-9-20(10-3-1)28(21-11-6-8-19(18-21)22-14-17-29-26-22)24-13-7-12-23(25-24)27-15-4-5-16-27;/h1-15,17H;/q-2;+2. The molecule has 5 aromatic rings. The van der Waals surface area contributed by atoms with Gasteiger partial charge in [-0.15, -0.1) is 42.1 Å². The van der Waals surface area contributed by atoms with Crippen LogP contribution in [0.3, 0.4) is 0 Å². The van der Waals surface area contributed by atoms with Crippen molar-refractivity contribution in [3.8, 4) is 17.1 Å². The molecule has 0 aliphatic carbocycles. The number of pyridine rings is 1. The third-order valence-electron chi connectivity index (χ3n) is 4.49. The molecule has 148 valence electrons. The van der Waals surface area contributed by atoms with Crippen LogP contribution >= 0.6 is 11.5 Å². The molecule has 3 heterocycles. The molecule has 4 nitrogen and oxygen atoms in total. The number of benzene rings is 2. The fraction of sp³-hybridized carbons (Fsp3) is 0. The second-order valence-electron chi connectivity index (χ2n) is 6.37. The Labute approximate surface area is 193 Å². The Bertz CT molecular complexity index is 1130. The SMILES string of the molecule is [Pt+2].[c-]1c(-c2ccsn2)cccc1N(c1ccccc1)c1cccc(-n2[c-]ccc2)n1. The second-order valence-corrected chi connectivity index (χ2v) is 7.03. The molecule has 0 spiro atoms. The third-order valence-corrected chi connectivity index (χ3v) is 5.05. The summed E-state index contributed by atoms with van der Waals surface area (Å²) < 4.78 is 6.33. The monoisotopic (exact) mass is 587 g/mol. The quantitative estimate of drug-likeness (QED) is 0.235. The molecule has 0 unspecified atom stereocenters. The molecule has 3 aromatic heterocycles. The van der Waals surface area contributed by atoms with Crippen LogP contribution < -0.4 is 4.90 Å². The zero-order chi connectivity index (χ0) is 19.5. The summed E-state index contributed by atoms with van der Waals surface area (Å²) in [5.74, 6) is 1.62. The summed E-state index contributed by atoms with van der Waals surface area (Å²) in [5.41, 5.74) is 3.80. The van der Waals surface area contributed by atoms with Gasteiger partial charge in [-0.1, -0.05) is 54.1 Å². The van der Waals surface area contributed by atoms with E-state index in [0.29, 0.717) is 0 Å². The molecular formula is C24H16N4PtS. The topological polar surface area (TPSA) is 34.0 Å². The first kappa shape index (κ1) is 20.3. The Morgan fingerprint density at radius 3 is 2.50 bits per heavy atom. The van der Waals surface area contributed by atoms with E-state index in [9.17, 15) is 0 Å². The summed E-state index contributed by atoms with van der Waals surface area (Å²) in [5, 5.41) is 1.98. The first-order valence-corrected chi connectivity index (χ1v) is 10.0. The van der Waals surface area contributed by atoms with Crippen LogP contribution in [0.1, 0.15) is 0 Å². The molecular weight excluding hydrogens is 571 g/mol. The fourth-order valence-electron chi connectivity index (χ4n) is 3.17. The molecule has 0 aliphatic rings. The van der Waals surface area contributed by atoms with Crippen molar-refractivity contribution in [1.29, 1.82) is 0 Å². The molecule has 0 amide bonds. The van der Waals surface area contributed by atoms with Crippen molar-refractivity contribution in [3.05, 3.63) is 109 Å². The van der Waals surface area contributed by atoms with Gasteiger partial charge in [0.25, 0.3) is 0 Å². The summed E-state index contributed by atoms with van der Waals surface area (Å²) in [6, 6.07) is 31.6. The van der Waals surface area contributed by atoms with Crippen LogP contribution in [0.4, 0.5) is 17.2 Å². The first-order chi connectivity index (χ1) is 14.4. The van der Waals surface area contributed by atoms with Crippen LogP contribution in [-0.2, 0) is 21.1 Å². The van der Waals surface area contributed by atoms with E-state index in [1.54, 1.807) is 0 Å². The van der Waals surface area contributed by atoms with E-state index < -0.39 is 0 Å².